The average Bonchev–Trinajstić information content (AvgIpc) is 3.20. The van der Waals surface area contributed by atoms with Crippen molar-refractivity contribution in [1.82, 2.24) is 4.90 Å². The third kappa shape index (κ3) is 4.00. The average molecular weight is 367 g/mol. The Labute approximate surface area is 152 Å². The second kappa shape index (κ2) is 7.12. The number of benzene rings is 1. The van der Waals surface area contributed by atoms with Crippen LogP contribution in [0.2, 0.25) is 5.02 Å². The molecule has 2 fully saturated rings. The molecule has 1 atom stereocenters. The number of ether oxygens (including phenoxy) is 1. The molecule has 1 aliphatic heterocycles. The fraction of sp³-hybridized carbons (Fsp3) is 0.556. The number of urea groups is 1. The third-order valence-corrected chi connectivity index (χ3v) is 5.29. The summed E-state index contributed by atoms with van der Waals surface area (Å²) in [7, 11) is 0. The molecular weight excluding hydrogens is 344 g/mol. The van der Waals surface area contributed by atoms with E-state index in [0.717, 1.165) is 25.7 Å². The highest BCUT2D eigenvalue weighted by molar-refractivity contribution is 6.31. The summed E-state index contributed by atoms with van der Waals surface area (Å²) in [6, 6.07) is 4.83. The van der Waals surface area contributed by atoms with Crippen LogP contribution in [-0.2, 0) is 4.79 Å². The minimum Gasteiger partial charge on any atom is -0.488 e. The Morgan fingerprint density at radius 2 is 2.08 bits per heavy atom. The predicted molar refractivity (Wildman–Crippen MR) is 95.3 cm³/mol. The largest absolute Gasteiger partial charge is 0.488 e. The molecule has 0 aromatic heterocycles. The molecular formula is C18H23ClN2O4. The van der Waals surface area contributed by atoms with Gasteiger partial charge in [0, 0.05) is 18.1 Å². The van der Waals surface area contributed by atoms with E-state index in [4.69, 9.17) is 16.3 Å². The summed E-state index contributed by atoms with van der Waals surface area (Å²) < 4.78 is 6.02. The van der Waals surface area contributed by atoms with Crippen molar-refractivity contribution in [2.45, 2.75) is 45.1 Å². The monoisotopic (exact) mass is 366 g/mol. The Morgan fingerprint density at radius 1 is 1.36 bits per heavy atom. The smallest absolute Gasteiger partial charge is 0.321 e. The molecule has 3 rings (SSSR count). The Bertz CT molecular complexity index is 675. The number of likely N-dealkylation sites (tertiary alicyclic amines) is 1. The van der Waals surface area contributed by atoms with E-state index in [1.54, 1.807) is 25.1 Å². The van der Waals surface area contributed by atoms with E-state index < -0.39 is 11.4 Å². The molecule has 1 aromatic carbocycles. The van der Waals surface area contributed by atoms with Crippen molar-refractivity contribution in [2.24, 2.45) is 5.41 Å². The molecule has 1 unspecified atom stereocenters. The van der Waals surface area contributed by atoms with Gasteiger partial charge in [0.25, 0.3) is 0 Å². The molecule has 1 aliphatic carbocycles. The van der Waals surface area contributed by atoms with Crippen LogP contribution < -0.4 is 10.1 Å². The number of hydrogen-bond donors (Lipinski definition) is 2. The third-order valence-electron chi connectivity index (χ3n) is 5.06. The predicted octanol–water partition coefficient (Wildman–Crippen LogP) is 3.99. The molecule has 2 aliphatic rings. The van der Waals surface area contributed by atoms with Gasteiger partial charge in [-0.2, -0.15) is 0 Å². The molecule has 25 heavy (non-hydrogen) atoms. The number of amides is 2. The zero-order valence-electron chi connectivity index (χ0n) is 14.3. The maximum Gasteiger partial charge on any atom is 0.321 e. The zero-order chi connectivity index (χ0) is 18.0. The summed E-state index contributed by atoms with van der Waals surface area (Å²) in [6.07, 6.45) is 4.94. The molecule has 1 saturated heterocycles. The number of halogens is 1. The van der Waals surface area contributed by atoms with Crippen molar-refractivity contribution in [3.63, 3.8) is 0 Å². The van der Waals surface area contributed by atoms with Gasteiger partial charge < -0.3 is 20.1 Å². The summed E-state index contributed by atoms with van der Waals surface area (Å²) in [5, 5.41) is 12.6. The van der Waals surface area contributed by atoms with Crippen LogP contribution >= 0.6 is 11.6 Å². The van der Waals surface area contributed by atoms with Crippen LogP contribution in [0.25, 0.3) is 0 Å². The van der Waals surface area contributed by atoms with Gasteiger partial charge in [-0.3, -0.25) is 4.79 Å². The lowest BCUT2D eigenvalue weighted by Crippen LogP contribution is -2.37. The second-order valence-electron chi connectivity index (χ2n) is 7.13. The van der Waals surface area contributed by atoms with E-state index in [1.165, 1.54) is 4.90 Å². The quantitative estimate of drug-likeness (QED) is 0.844. The topological polar surface area (TPSA) is 78.9 Å². The lowest BCUT2D eigenvalue weighted by molar-refractivity contribution is -0.146. The van der Waals surface area contributed by atoms with Crippen LogP contribution in [0.5, 0.6) is 5.75 Å². The van der Waals surface area contributed by atoms with Crippen LogP contribution in [0.15, 0.2) is 18.2 Å². The molecule has 0 spiro atoms. The highest BCUT2D eigenvalue weighted by Crippen LogP contribution is 2.34. The maximum atomic E-state index is 12.5. The Hall–Kier alpha value is -1.95. The van der Waals surface area contributed by atoms with Crippen molar-refractivity contribution in [3.8, 4) is 5.75 Å². The molecule has 1 saturated carbocycles. The lowest BCUT2D eigenvalue weighted by Gasteiger charge is -2.22. The summed E-state index contributed by atoms with van der Waals surface area (Å²) in [4.78, 5) is 25.4. The molecule has 2 N–H and O–H groups in total. The Morgan fingerprint density at radius 3 is 2.72 bits per heavy atom. The van der Waals surface area contributed by atoms with Crippen LogP contribution in [0.4, 0.5) is 10.5 Å². The van der Waals surface area contributed by atoms with Gasteiger partial charge in [-0.15, -0.1) is 0 Å². The van der Waals surface area contributed by atoms with Gasteiger partial charge in [-0.1, -0.05) is 11.6 Å². The summed E-state index contributed by atoms with van der Waals surface area (Å²) in [6.45, 7) is 2.26. The molecule has 2 amide bonds. The number of nitrogens with one attached hydrogen (secondary N) is 1. The van der Waals surface area contributed by atoms with Gasteiger partial charge in [0.05, 0.1) is 17.2 Å². The summed E-state index contributed by atoms with van der Waals surface area (Å²) in [5.74, 6) is -0.277. The highest BCUT2D eigenvalue weighted by Gasteiger charge is 2.42. The number of nitrogens with zero attached hydrogens (tertiary/aromatic N) is 1. The van der Waals surface area contributed by atoms with Crippen molar-refractivity contribution in [3.05, 3.63) is 23.2 Å². The highest BCUT2D eigenvalue weighted by atomic mass is 35.5. The van der Waals surface area contributed by atoms with Gasteiger partial charge in [-0.25, -0.2) is 4.79 Å². The van der Waals surface area contributed by atoms with E-state index in [-0.39, 0.29) is 18.7 Å². The second-order valence-corrected chi connectivity index (χ2v) is 7.57. The molecule has 1 aromatic rings. The van der Waals surface area contributed by atoms with Gasteiger partial charge in [0.15, 0.2) is 0 Å². The number of anilines is 1. The minimum absolute atomic E-state index is 0.166. The Kier molecular flexibility index (Phi) is 5.08. The fourth-order valence-electron chi connectivity index (χ4n) is 3.39. The van der Waals surface area contributed by atoms with Gasteiger partial charge in [-0.05, 0) is 57.2 Å². The lowest BCUT2D eigenvalue weighted by atomic mass is 9.90. The standard InChI is InChI=1S/C18H23ClN2O4/c1-18(16(22)23)8-9-21(11-18)17(24)20-14-10-12(19)6-7-15(14)25-13-4-2-3-5-13/h6-7,10,13H,2-5,8-9,11H2,1H3,(H,20,24)(H,22,23). The number of aliphatic carboxylic acids is 1. The number of carboxylic acid groups (broad SMARTS) is 1. The zero-order valence-corrected chi connectivity index (χ0v) is 15.0. The molecule has 1 heterocycles. The summed E-state index contributed by atoms with van der Waals surface area (Å²) >= 11 is 6.07. The van der Waals surface area contributed by atoms with Crippen molar-refractivity contribution < 1.29 is 19.4 Å². The number of carbonyl (C=O) groups is 2. The minimum atomic E-state index is -0.894. The van der Waals surface area contributed by atoms with Crippen LogP contribution in [-0.4, -0.2) is 41.2 Å². The summed E-state index contributed by atoms with van der Waals surface area (Å²) in [5.41, 5.74) is -0.372. The van der Waals surface area contributed by atoms with Gasteiger partial charge in [0.1, 0.15) is 5.75 Å². The molecule has 136 valence electrons. The molecule has 7 heteroatoms. The van der Waals surface area contributed by atoms with E-state index >= 15 is 0 Å². The molecule has 6 nitrogen and oxygen atoms in total. The number of carboxylic acids is 1. The number of rotatable bonds is 4. The number of hydrogen-bond acceptors (Lipinski definition) is 3. The SMILES string of the molecule is CC1(C(=O)O)CCN(C(=O)Nc2cc(Cl)ccc2OC2CCCC2)C1. The van der Waals surface area contributed by atoms with E-state index in [0.29, 0.717) is 29.4 Å². The normalized spacial score (nSPS) is 23.7. The first-order chi connectivity index (χ1) is 11.9. The molecule has 0 radical (unpaired) electrons. The first-order valence-corrected chi connectivity index (χ1v) is 9.01. The van der Waals surface area contributed by atoms with Crippen LogP contribution in [0, 0.1) is 5.41 Å². The van der Waals surface area contributed by atoms with E-state index in [2.05, 4.69) is 5.32 Å². The van der Waals surface area contributed by atoms with Gasteiger partial charge >= 0.3 is 12.0 Å². The maximum absolute atomic E-state index is 12.5. The fourth-order valence-corrected chi connectivity index (χ4v) is 3.56. The van der Waals surface area contributed by atoms with Crippen molar-refractivity contribution >= 4 is 29.3 Å². The van der Waals surface area contributed by atoms with E-state index in [9.17, 15) is 14.7 Å². The molecule has 0 bridgehead atoms. The van der Waals surface area contributed by atoms with E-state index in [1.807, 2.05) is 0 Å². The first-order valence-electron chi connectivity index (χ1n) is 8.63. The van der Waals surface area contributed by atoms with Crippen LogP contribution in [0.3, 0.4) is 0 Å². The Balaban J connectivity index is 1.70. The van der Waals surface area contributed by atoms with Gasteiger partial charge in [0.2, 0.25) is 0 Å². The van der Waals surface area contributed by atoms with Crippen molar-refractivity contribution in [1.29, 1.82) is 0 Å². The van der Waals surface area contributed by atoms with Crippen LogP contribution in [0.1, 0.15) is 39.0 Å². The van der Waals surface area contributed by atoms with Crippen molar-refractivity contribution in [2.75, 3.05) is 18.4 Å². The number of carbonyl (C=O) groups excluding carboxylic acids is 1. The first kappa shape index (κ1) is 17.9.